The van der Waals surface area contributed by atoms with Gasteiger partial charge in [0.15, 0.2) is 0 Å². The Hall–Kier alpha value is -3.69. The summed E-state index contributed by atoms with van der Waals surface area (Å²) in [6.07, 6.45) is 2.59. The zero-order chi connectivity index (χ0) is 29.2. The van der Waals surface area contributed by atoms with Crippen molar-refractivity contribution in [1.29, 1.82) is 0 Å². The van der Waals surface area contributed by atoms with E-state index in [2.05, 4.69) is 15.6 Å². The molecular weight excluding hydrogens is 526 g/mol. The Morgan fingerprint density at radius 3 is 2.24 bits per heavy atom. The van der Waals surface area contributed by atoms with E-state index in [4.69, 9.17) is 5.73 Å². The number of amides is 2. The van der Waals surface area contributed by atoms with E-state index in [9.17, 15) is 23.5 Å². The topological polar surface area (TPSA) is 117 Å². The summed E-state index contributed by atoms with van der Waals surface area (Å²) < 4.78 is 25.0. The van der Waals surface area contributed by atoms with Crippen LogP contribution in [0, 0.1) is 5.92 Å². The lowest BCUT2D eigenvalue weighted by molar-refractivity contribution is -0.132. The Morgan fingerprint density at radius 1 is 1.00 bits per heavy atom. The second-order valence-corrected chi connectivity index (χ2v) is 11.8. The van der Waals surface area contributed by atoms with E-state index in [1.807, 2.05) is 60.7 Å². The van der Waals surface area contributed by atoms with Crippen LogP contribution in [0.4, 0.5) is 14.6 Å². The smallest absolute Gasteiger partial charge is 0.315 e. The molecule has 2 aliphatic carbocycles. The molecular formula is C32H36F2N4O3. The number of halogens is 2. The first-order chi connectivity index (χ1) is 19.5. The van der Waals surface area contributed by atoms with Crippen LogP contribution in [0.3, 0.4) is 0 Å². The van der Waals surface area contributed by atoms with Gasteiger partial charge in [-0.2, -0.15) is 8.78 Å². The van der Waals surface area contributed by atoms with E-state index in [0.29, 0.717) is 50.8 Å². The van der Waals surface area contributed by atoms with Crippen molar-refractivity contribution < 1.29 is 23.5 Å². The molecule has 3 aromatic rings. The van der Waals surface area contributed by atoms with Gasteiger partial charge in [-0.25, -0.2) is 4.98 Å². The molecule has 0 spiro atoms. The Kier molecular flexibility index (Phi) is 8.20. The molecule has 2 fully saturated rings. The van der Waals surface area contributed by atoms with Crippen LogP contribution >= 0.6 is 0 Å². The number of nitrogens with one attached hydrogen (secondary N) is 2. The molecule has 1 aromatic heterocycles. The van der Waals surface area contributed by atoms with Crippen LogP contribution in [0.5, 0.6) is 0 Å². The molecule has 0 radical (unpaired) electrons. The van der Waals surface area contributed by atoms with Crippen molar-refractivity contribution in [1.82, 2.24) is 10.3 Å². The van der Waals surface area contributed by atoms with Crippen molar-refractivity contribution in [3.63, 3.8) is 0 Å². The van der Waals surface area contributed by atoms with Crippen molar-refractivity contribution in [3.8, 4) is 22.3 Å². The zero-order valence-corrected chi connectivity index (χ0v) is 23.1. The van der Waals surface area contributed by atoms with Gasteiger partial charge in [-0.05, 0) is 79.7 Å². The first-order valence-electron chi connectivity index (χ1n) is 14.1. The summed E-state index contributed by atoms with van der Waals surface area (Å²) in [4.78, 5) is 28.7. The fourth-order valence-electron chi connectivity index (χ4n) is 6.33. The Balaban J connectivity index is 1.27. The van der Waals surface area contributed by atoms with Gasteiger partial charge in [0, 0.05) is 29.8 Å². The number of pyridine rings is 1. The largest absolute Gasteiger partial charge is 0.390 e. The number of hydrogen-bond donors (Lipinski definition) is 4. The summed E-state index contributed by atoms with van der Waals surface area (Å²) in [5.41, 5.74) is 10.0. The van der Waals surface area contributed by atoms with E-state index in [1.165, 1.54) is 0 Å². The van der Waals surface area contributed by atoms with Gasteiger partial charge >= 0.3 is 6.43 Å². The summed E-state index contributed by atoms with van der Waals surface area (Å²) in [6.45, 7) is 1.80. The first-order valence-corrected chi connectivity index (χ1v) is 14.1. The van der Waals surface area contributed by atoms with E-state index in [0.717, 1.165) is 27.8 Å². The summed E-state index contributed by atoms with van der Waals surface area (Å²) >= 11 is 0. The molecule has 216 valence electrons. The molecule has 7 nitrogen and oxygen atoms in total. The van der Waals surface area contributed by atoms with Crippen LogP contribution in [0.25, 0.3) is 22.3 Å². The van der Waals surface area contributed by atoms with Crippen molar-refractivity contribution in [2.24, 2.45) is 11.7 Å². The summed E-state index contributed by atoms with van der Waals surface area (Å²) in [6, 6.07) is 19.5. The predicted molar refractivity (Wildman–Crippen MR) is 154 cm³/mol. The average molecular weight is 563 g/mol. The van der Waals surface area contributed by atoms with Crippen molar-refractivity contribution in [3.05, 3.63) is 72.4 Å². The molecule has 0 saturated heterocycles. The third-order valence-electron chi connectivity index (χ3n) is 8.29. The number of benzene rings is 2. The van der Waals surface area contributed by atoms with Crippen LogP contribution < -0.4 is 16.4 Å². The number of nitrogens with two attached hydrogens (primary N) is 1. The highest BCUT2D eigenvalue weighted by Gasteiger charge is 2.49. The zero-order valence-electron chi connectivity index (χ0n) is 23.1. The van der Waals surface area contributed by atoms with Gasteiger partial charge in [0.1, 0.15) is 5.82 Å². The maximum atomic E-state index is 12.9. The monoisotopic (exact) mass is 562 g/mol. The van der Waals surface area contributed by atoms with Gasteiger partial charge in [0.25, 0.3) is 5.91 Å². The first kappa shape index (κ1) is 28.8. The second-order valence-electron chi connectivity index (χ2n) is 11.8. The maximum Gasteiger partial charge on any atom is 0.315 e. The number of aromatic nitrogens is 1. The van der Waals surface area contributed by atoms with Crippen LogP contribution in [0.15, 0.2) is 66.9 Å². The number of aliphatic hydroxyl groups is 1. The molecule has 2 aliphatic rings. The molecule has 5 N–H and O–H groups in total. The average Bonchev–Trinajstić information content (AvgIpc) is 2.93. The summed E-state index contributed by atoms with van der Waals surface area (Å²) in [5, 5.41) is 15.5. The number of nitrogens with zero attached hydrogens (tertiary/aromatic N) is 1. The molecule has 0 atom stereocenters. The SMILES string of the molecule is CC1(O)CC(N)(c2ccc(-c3cnc(NC(=O)CC4CCC(NC(=O)C(F)F)CC4)cc3-c3ccccc3)cc2)C1. The summed E-state index contributed by atoms with van der Waals surface area (Å²) in [7, 11) is 0. The van der Waals surface area contributed by atoms with Gasteiger partial charge < -0.3 is 21.5 Å². The molecule has 41 heavy (non-hydrogen) atoms. The molecule has 0 bridgehead atoms. The molecule has 9 heteroatoms. The number of alkyl halides is 2. The van der Waals surface area contributed by atoms with Gasteiger partial charge in [-0.1, -0.05) is 54.6 Å². The minimum Gasteiger partial charge on any atom is -0.390 e. The Bertz CT molecular complexity index is 1380. The molecule has 0 aliphatic heterocycles. The van der Waals surface area contributed by atoms with E-state index in [1.54, 1.807) is 13.1 Å². The lowest BCUT2D eigenvalue weighted by Gasteiger charge is -2.49. The molecule has 1 heterocycles. The lowest BCUT2D eigenvalue weighted by atomic mass is 9.63. The van der Waals surface area contributed by atoms with Crippen LogP contribution in [-0.2, 0) is 15.1 Å². The minimum atomic E-state index is -3.01. The highest BCUT2D eigenvalue weighted by atomic mass is 19.3. The van der Waals surface area contributed by atoms with E-state index >= 15 is 0 Å². The quantitative estimate of drug-likeness (QED) is 0.294. The number of carbonyl (C=O) groups is 2. The number of carbonyl (C=O) groups excluding carboxylic acids is 2. The fraction of sp³-hybridized carbons (Fsp3) is 0.406. The molecule has 2 amide bonds. The maximum absolute atomic E-state index is 12.9. The Labute approximate surface area is 238 Å². The third-order valence-corrected chi connectivity index (χ3v) is 8.29. The van der Waals surface area contributed by atoms with Gasteiger partial charge in [-0.15, -0.1) is 0 Å². The van der Waals surface area contributed by atoms with Gasteiger partial charge in [0.2, 0.25) is 5.91 Å². The molecule has 0 unspecified atom stereocenters. The molecule has 2 aromatic carbocycles. The standard InChI is InChI=1S/C32H36F2N4O3/c1-31(41)18-32(35,19-31)23-11-9-22(10-12-23)26-17-36-27(16-25(26)21-5-3-2-4-6-21)38-28(39)15-20-7-13-24(14-8-20)37-30(40)29(33)34/h2-6,9-12,16-17,20,24,29,41H,7-8,13-15,18-19,35H2,1H3,(H,37,40)(H,36,38,39). The number of anilines is 1. The number of rotatable bonds is 8. The minimum absolute atomic E-state index is 0.117. The van der Waals surface area contributed by atoms with Crippen molar-refractivity contribution in [2.75, 3.05) is 5.32 Å². The van der Waals surface area contributed by atoms with Crippen LogP contribution in [-0.4, -0.2) is 40.0 Å². The van der Waals surface area contributed by atoms with Crippen LogP contribution in [0.1, 0.15) is 57.4 Å². The normalized spacial score (nSPS) is 25.8. The van der Waals surface area contributed by atoms with Crippen LogP contribution in [0.2, 0.25) is 0 Å². The lowest BCUT2D eigenvalue weighted by Crippen LogP contribution is -2.58. The van der Waals surface area contributed by atoms with E-state index < -0.39 is 23.5 Å². The third kappa shape index (κ3) is 6.80. The predicted octanol–water partition coefficient (Wildman–Crippen LogP) is 5.38. The highest BCUT2D eigenvalue weighted by molar-refractivity contribution is 5.92. The second kappa shape index (κ2) is 11.7. The number of hydrogen-bond acceptors (Lipinski definition) is 5. The van der Waals surface area contributed by atoms with Crippen molar-refractivity contribution >= 4 is 17.6 Å². The molecule has 5 rings (SSSR count). The van der Waals surface area contributed by atoms with Crippen molar-refractivity contribution in [2.45, 2.75) is 75.5 Å². The molecule has 2 saturated carbocycles. The summed E-state index contributed by atoms with van der Waals surface area (Å²) in [5.74, 6) is -0.823. The van der Waals surface area contributed by atoms with Gasteiger partial charge in [-0.3, -0.25) is 9.59 Å². The van der Waals surface area contributed by atoms with Gasteiger partial charge in [0.05, 0.1) is 5.60 Å². The fourth-order valence-corrected chi connectivity index (χ4v) is 6.33. The van der Waals surface area contributed by atoms with E-state index in [-0.39, 0.29) is 17.9 Å². The Morgan fingerprint density at radius 2 is 1.63 bits per heavy atom. The highest BCUT2D eigenvalue weighted by Crippen LogP contribution is 2.46.